The van der Waals surface area contributed by atoms with E-state index < -0.39 is 82.5 Å². The summed E-state index contributed by atoms with van der Waals surface area (Å²) in [6.07, 6.45) is 59.3. The highest BCUT2D eigenvalue weighted by atomic mass is 28.3. The predicted molar refractivity (Wildman–Crippen MR) is 645 cm³/mol. The minimum absolute atomic E-state index is 0.0793. The van der Waals surface area contributed by atoms with Crippen LogP contribution in [0, 0.1) is 94.7 Å². The number of carbonyl (C=O) groups excluding carboxylic acids is 2. The van der Waals surface area contributed by atoms with E-state index in [0.29, 0.717) is 43.3 Å². The summed E-state index contributed by atoms with van der Waals surface area (Å²) < 4.78 is 89.9. The van der Waals surface area contributed by atoms with E-state index in [0.717, 1.165) is 195 Å². The molecule has 6 unspecified atom stereocenters. The van der Waals surface area contributed by atoms with Gasteiger partial charge in [0.05, 0.1) is 42.7 Å². The van der Waals surface area contributed by atoms with Gasteiger partial charge in [0, 0.05) is 90.1 Å². The van der Waals surface area contributed by atoms with Crippen molar-refractivity contribution in [3.8, 4) is 0 Å². The molecule has 0 saturated heterocycles. The first-order valence-electron chi connectivity index (χ1n) is 63.8. The first-order chi connectivity index (χ1) is 67.8. The fourth-order valence-corrected chi connectivity index (χ4v) is 60.1. The lowest BCUT2D eigenvalue weighted by atomic mass is 9.67. The molecule has 852 valence electrons. The van der Waals surface area contributed by atoms with Gasteiger partial charge in [-0.05, 0) is 264 Å². The lowest BCUT2D eigenvalue weighted by molar-refractivity contribution is -0.302. The highest BCUT2D eigenvalue weighted by Crippen LogP contribution is 2.52. The van der Waals surface area contributed by atoms with E-state index in [1.54, 1.807) is 0 Å². The summed E-state index contributed by atoms with van der Waals surface area (Å²) in [7, 11) is -9.01. The summed E-state index contributed by atoms with van der Waals surface area (Å²) in [4.78, 5) is 25.4. The SMILES string of the molecule is CCCC1CCC(C2CCC(C(=O)OCCCC[Si](C)(C)CC[Si](C)(C)CCC(C)CC)CC2)CC1.CCCC1CCC(C2CCC(CC[Si](C)(C)CC[Si](C)(C)CCC(C)CC)C(F)(F)C2)CC1.CCCC1CCC(OC(=O)C2CCC(OCCCC[Si](C)(C)CC[Si](C)(C)CCC(C)CC)CC2)CC1.CCCC1CCC(OC(F)(F)C2CCC(OCCCC[Si](C)(C)CC[Si](C)(C)CCC(C)CC)CC2)CC1. The molecule has 0 aliphatic heterocycles. The summed E-state index contributed by atoms with van der Waals surface area (Å²) in [6, 6.07) is 23.1. The fourth-order valence-electron chi connectivity index (χ4n) is 26.6. The Morgan fingerprint density at radius 2 is 0.562 bits per heavy atom. The monoisotopic (exact) mass is 2160 g/mol. The first-order valence-corrected chi connectivity index (χ1v) is 91.2. The molecule has 0 heterocycles. The number of hydrogen-bond donors (Lipinski definition) is 0. The summed E-state index contributed by atoms with van der Waals surface area (Å²) >= 11 is 0. The number of hydrogen-bond acceptors (Lipinski definition) is 7. The molecule has 0 spiro atoms. The standard InChI is InChI=1S/C32H64F2O2Si2.C32H64O3Si2.C32H64O2Si2.C29H58F2Si2/c1-8-12-28-13-17-31(18-14-28)36-32(33,34)29-15-19-30(20-16-29)35-22-10-11-23-37(4,5)25-26-38(6,7)24-21-27(3)9-2;1-8-12-28-13-17-31(18-14-28)35-32(33)29-15-19-30(20-16-29)34-22-10-11-23-36(4,5)25-26-37(6,7)24-21-27(3)9-2;1-8-12-28-13-15-29(16-14-28)30-17-19-31(20-18-30)32(33)34-22-10-11-23-35(4,5)25-26-36(6,7)24-21-27(3)9-2;1-8-10-25-11-13-26(14-12-25)27-15-16-28(29(30,31)23-27)18-20-33(6,7)22-21-32(4,5)19-17-24(3)9-2/h27-31H,8-26H2,1-7H3;27-31H,8-26H2,1-7H3;27-31H,8-26H2,1-7H3;24-28H,8-23H2,1-7H3. The molecule has 8 aliphatic rings. The van der Waals surface area contributed by atoms with Crippen molar-refractivity contribution >= 4 is 76.5 Å². The van der Waals surface area contributed by atoms with E-state index in [9.17, 15) is 18.4 Å². The average molecular weight is 2170 g/mol. The third-order valence-electron chi connectivity index (χ3n) is 40.2. The molecule has 8 rings (SSSR count). The molecular formula is C125H250F4O7Si8. The number of rotatable bonds is 64. The second-order valence-corrected chi connectivity index (χ2v) is 101. The summed E-state index contributed by atoms with van der Waals surface area (Å²) in [5.74, 6) is 6.77. The number of esters is 2. The smallest absolute Gasteiger partial charge is 0.358 e. The largest absolute Gasteiger partial charge is 0.465 e. The summed E-state index contributed by atoms with van der Waals surface area (Å²) in [6.45, 7) is 71.7. The van der Waals surface area contributed by atoms with E-state index in [4.69, 9.17) is 23.7 Å². The maximum Gasteiger partial charge on any atom is 0.358 e. The van der Waals surface area contributed by atoms with Gasteiger partial charge >= 0.3 is 18.0 Å². The molecule has 0 N–H and O–H groups in total. The van der Waals surface area contributed by atoms with Crippen molar-refractivity contribution in [2.75, 3.05) is 19.8 Å². The van der Waals surface area contributed by atoms with Crippen LogP contribution in [0.1, 0.15) is 430 Å². The van der Waals surface area contributed by atoms with Crippen LogP contribution < -0.4 is 0 Å². The van der Waals surface area contributed by atoms with Crippen molar-refractivity contribution in [3.63, 3.8) is 0 Å². The topological polar surface area (TPSA) is 80.3 Å². The van der Waals surface area contributed by atoms with Gasteiger partial charge in [0.1, 0.15) is 6.10 Å². The highest BCUT2D eigenvalue weighted by Gasteiger charge is 2.49. The van der Waals surface area contributed by atoms with Crippen LogP contribution in [0.25, 0.3) is 0 Å². The van der Waals surface area contributed by atoms with Crippen LogP contribution in [-0.4, -0.2) is 133 Å². The van der Waals surface area contributed by atoms with Crippen LogP contribution in [-0.2, 0) is 33.3 Å². The van der Waals surface area contributed by atoms with Gasteiger partial charge in [-0.25, -0.2) is 8.78 Å². The van der Waals surface area contributed by atoms with Crippen molar-refractivity contribution in [2.24, 2.45) is 94.7 Å². The molecule has 0 amide bonds. The van der Waals surface area contributed by atoms with E-state index in [1.165, 1.54) is 296 Å². The quantitative estimate of drug-likeness (QED) is 0.0260. The zero-order valence-electron chi connectivity index (χ0n) is 102. The lowest BCUT2D eigenvalue weighted by Gasteiger charge is -2.42. The van der Waals surface area contributed by atoms with Gasteiger partial charge in [0.15, 0.2) is 0 Å². The Balaban J connectivity index is 0.000000338. The predicted octanol–water partition coefficient (Wildman–Crippen LogP) is 42.7. The molecular weight excluding hydrogens is 1910 g/mol. The molecule has 0 aromatic rings. The van der Waals surface area contributed by atoms with Crippen LogP contribution in [0.3, 0.4) is 0 Å². The molecule has 144 heavy (non-hydrogen) atoms. The summed E-state index contributed by atoms with van der Waals surface area (Å²) in [5.41, 5.74) is 0. The second kappa shape index (κ2) is 69.5. The Hall–Kier alpha value is 0.275. The fraction of sp³-hybridized carbons (Fsp3) is 0.984. The van der Waals surface area contributed by atoms with Crippen molar-refractivity contribution in [1.82, 2.24) is 0 Å². The van der Waals surface area contributed by atoms with Crippen LogP contribution in [0.5, 0.6) is 0 Å². The van der Waals surface area contributed by atoms with Gasteiger partial charge < -0.3 is 23.7 Å². The van der Waals surface area contributed by atoms with Crippen LogP contribution in [0.2, 0.25) is 201 Å². The highest BCUT2D eigenvalue weighted by molar-refractivity contribution is 6.84. The van der Waals surface area contributed by atoms with E-state index >= 15 is 8.78 Å². The Kier molecular flexibility index (Phi) is 65.0. The number of ether oxygens (including phenoxy) is 5. The molecule has 8 aliphatic carbocycles. The van der Waals surface area contributed by atoms with Crippen molar-refractivity contribution in [3.05, 3.63) is 0 Å². The van der Waals surface area contributed by atoms with Crippen LogP contribution in [0.4, 0.5) is 17.6 Å². The maximum atomic E-state index is 15.3. The molecule has 0 aromatic heterocycles. The van der Waals surface area contributed by atoms with Gasteiger partial charge in [-0.2, -0.15) is 8.78 Å². The van der Waals surface area contributed by atoms with Gasteiger partial charge in [0.25, 0.3) is 5.92 Å². The van der Waals surface area contributed by atoms with Crippen molar-refractivity contribution in [1.29, 1.82) is 0 Å². The van der Waals surface area contributed by atoms with Crippen molar-refractivity contribution in [2.45, 2.75) is 668 Å². The molecule has 0 radical (unpaired) electrons. The zero-order chi connectivity index (χ0) is 107. The number of halogens is 4. The number of carbonyl (C=O) groups is 2. The Morgan fingerprint density at radius 3 is 0.896 bits per heavy atom. The Morgan fingerprint density at radius 1 is 0.292 bits per heavy atom. The molecule has 8 saturated carbocycles. The molecule has 19 heteroatoms. The third kappa shape index (κ3) is 57.5. The van der Waals surface area contributed by atoms with E-state index in [2.05, 4.69) is 188 Å². The molecule has 0 aromatic carbocycles. The van der Waals surface area contributed by atoms with Crippen molar-refractivity contribution < 1.29 is 50.8 Å². The lowest BCUT2D eigenvalue weighted by Crippen LogP contribution is -2.40. The van der Waals surface area contributed by atoms with Crippen LogP contribution in [0.15, 0.2) is 0 Å². The second-order valence-electron chi connectivity index (χ2n) is 58.0. The van der Waals surface area contributed by atoms with Crippen LogP contribution >= 0.6 is 0 Å². The molecule has 7 nitrogen and oxygen atoms in total. The molecule has 0 bridgehead atoms. The van der Waals surface area contributed by atoms with E-state index in [-0.39, 0.29) is 54.4 Å². The maximum absolute atomic E-state index is 15.3. The van der Waals surface area contributed by atoms with Gasteiger partial charge in [0.2, 0.25) is 0 Å². The van der Waals surface area contributed by atoms with E-state index in [1.807, 2.05) is 0 Å². The molecule has 8 fully saturated rings. The minimum atomic E-state index is -2.98. The van der Waals surface area contributed by atoms with Gasteiger partial charge in [-0.1, -0.05) is 432 Å². The number of alkyl halides is 4. The normalized spacial score (nSPS) is 27.1. The summed E-state index contributed by atoms with van der Waals surface area (Å²) in [5, 5.41) is 0. The molecule has 6 atom stereocenters. The first kappa shape index (κ1) is 135. The number of unbranched alkanes of at least 4 members (excludes halogenated alkanes) is 3. The minimum Gasteiger partial charge on any atom is -0.465 e. The Labute approximate surface area is 903 Å². The average Bonchev–Trinajstić information content (AvgIpc) is 0.795. The third-order valence-corrected chi connectivity index (χ3v) is 68.4. The van der Waals surface area contributed by atoms with Gasteiger partial charge in [-0.3, -0.25) is 9.59 Å². The Bertz CT molecular complexity index is 3250. The zero-order valence-corrected chi connectivity index (χ0v) is 110. The van der Waals surface area contributed by atoms with Gasteiger partial charge in [-0.15, -0.1) is 0 Å².